The van der Waals surface area contributed by atoms with Crippen LogP contribution in [0, 0.1) is 0 Å². The van der Waals surface area contributed by atoms with Crippen LogP contribution in [-0.4, -0.2) is 17.0 Å². The smallest absolute Gasteiger partial charge is 0.0388 e. The molecule has 1 fully saturated rings. The average Bonchev–Trinajstić information content (AvgIpc) is 2.75. The van der Waals surface area contributed by atoms with Crippen LogP contribution in [-0.2, 0) is 0 Å². The summed E-state index contributed by atoms with van der Waals surface area (Å²) in [5.41, 5.74) is 0. The lowest BCUT2D eigenvalue weighted by Crippen LogP contribution is -2.31. The molecule has 0 aromatic carbocycles. The highest BCUT2D eigenvalue weighted by molar-refractivity contribution is 8.00. The zero-order valence-electron chi connectivity index (χ0n) is 8.69. The second kappa shape index (κ2) is 4.69. The highest BCUT2D eigenvalue weighted by Gasteiger charge is 2.23. The standard InChI is InChI=1S/C11H17NS2/c1-8-6-10(7-14-8)12-9(2)11-4-3-5-13-11/h3-5,8-10,12H,6-7H2,1-2H3/t8?,9-,10?/m0/s1. The first kappa shape index (κ1) is 10.5. The van der Waals surface area contributed by atoms with Crippen molar-refractivity contribution >= 4 is 23.1 Å². The minimum Gasteiger partial charge on any atom is -0.306 e. The zero-order chi connectivity index (χ0) is 9.97. The number of hydrogen-bond acceptors (Lipinski definition) is 3. The highest BCUT2D eigenvalue weighted by atomic mass is 32.2. The number of rotatable bonds is 3. The van der Waals surface area contributed by atoms with E-state index in [2.05, 4.69) is 48.4 Å². The van der Waals surface area contributed by atoms with Crippen LogP contribution in [0.1, 0.15) is 31.2 Å². The van der Waals surface area contributed by atoms with Gasteiger partial charge in [-0.1, -0.05) is 13.0 Å². The van der Waals surface area contributed by atoms with Crippen molar-refractivity contribution in [1.82, 2.24) is 5.32 Å². The Labute approximate surface area is 94.3 Å². The summed E-state index contributed by atoms with van der Waals surface area (Å²) in [5.74, 6) is 1.27. The van der Waals surface area contributed by atoms with Crippen LogP contribution in [0.5, 0.6) is 0 Å². The van der Waals surface area contributed by atoms with E-state index in [-0.39, 0.29) is 0 Å². The molecule has 1 nitrogen and oxygen atoms in total. The fourth-order valence-electron chi connectivity index (χ4n) is 1.91. The van der Waals surface area contributed by atoms with Gasteiger partial charge in [-0.3, -0.25) is 0 Å². The van der Waals surface area contributed by atoms with Gasteiger partial charge in [-0.2, -0.15) is 11.8 Å². The van der Waals surface area contributed by atoms with Crippen LogP contribution >= 0.6 is 23.1 Å². The third kappa shape index (κ3) is 2.53. The van der Waals surface area contributed by atoms with Gasteiger partial charge >= 0.3 is 0 Å². The Morgan fingerprint density at radius 1 is 1.57 bits per heavy atom. The van der Waals surface area contributed by atoms with Crippen molar-refractivity contribution in [3.05, 3.63) is 22.4 Å². The SMILES string of the molecule is CC1CC(N[C@@H](C)c2cccs2)CS1. The molecular formula is C11H17NS2. The summed E-state index contributed by atoms with van der Waals surface area (Å²) in [6, 6.07) is 5.58. The van der Waals surface area contributed by atoms with E-state index in [4.69, 9.17) is 0 Å². The highest BCUT2D eigenvalue weighted by Crippen LogP contribution is 2.28. The summed E-state index contributed by atoms with van der Waals surface area (Å²) < 4.78 is 0. The predicted molar refractivity (Wildman–Crippen MR) is 66.2 cm³/mol. The van der Waals surface area contributed by atoms with E-state index in [0.29, 0.717) is 12.1 Å². The first-order valence-electron chi connectivity index (χ1n) is 5.17. The Bertz CT molecular complexity index is 271. The van der Waals surface area contributed by atoms with Gasteiger partial charge in [0.25, 0.3) is 0 Å². The molecule has 1 aromatic rings. The van der Waals surface area contributed by atoms with Crippen molar-refractivity contribution in [1.29, 1.82) is 0 Å². The van der Waals surface area contributed by atoms with Crippen LogP contribution in [0.4, 0.5) is 0 Å². The van der Waals surface area contributed by atoms with Gasteiger partial charge in [0.1, 0.15) is 0 Å². The molecule has 1 N–H and O–H groups in total. The van der Waals surface area contributed by atoms with Crippen LogP contribution in [0.25, 0.3) is 0 Å². The minimum atomic E-state index is 0.519. The maximum Gasteiger partial charge on any atom is 0.0388 e. The molecule has 0 aliphatic carbocycles. The number of nitrogens with one attached hydrogen (secondary N) is 1. The third-order valence-corrected chi connectivity index (χ3v) is 5.07. The van der Waals surface area contributed by atoms with Gasteiger partial charge in [0.15, 0.2) is 0 Å². The number of thiophene rings is 1. The van der Waals surface area contributed by atoms with E-state index in [9.17, 15) is 0 Å². The third-order valence-electron chi connectivity index (χ3n) is 2.65. The van der Waals surface area contributed by atoms with E-state index in [1.165, 1.54) is 17.1 Å². The van der Waals surface area contributed by atoms with Crippen LogP contribution in [0.2, 0.25) is 0 Å². The van der Waals surface area contributed by atoms with E-state index in [1.807, 2.05) is 11.3 Å². The van der Waals surface area contributed by atoms with E-state index in [1.54, 1.807) is 0 Å². The van der Waals surface area contributed by atoms with Gasteiger partial charge in [-0.05, 0) is 24.8 Å². The van der Waals surface area contributed by atoms with Gasteiger partial charge in [-0.25, -0.2) is 0 Å². The molecule has 2 unspecified atom stereocenters. The molecule has 3 heteroatoms. The summed E-state index contributed by atoms with van der Waals surface area (Å²) in [4.78, 5) is 1.45. The topological polar surface area (TPSA) is 12.0 Å². The summed E-state index contributed by atoms with van der Waals surface area (Å²) in [7, 11) is 0. The van der Waals surface area contributed by atoms with Gasteiger partial charge in [0, 0.05) is 28.0 Å². The molecule has 0 amide bonds. The van der Waals surface area contributed by atoms with Crippen molar-refractivity contribution in [3.8, 4) is 0 Å². The monoisotopic (exact) mass is 227 g/mol. The quantitative estimate of drug-likeness (QED) is 0.850. The largest absolute Gasteiger partial charge is 0.306 e. The van der Waals surface area contributed by atoms with Crippen molar-refractivity contribution in [3.63, 3.8) is 0 Å². The predicted octanol–water partition coefficient (Wildman–Crippen LogP) is 3.29. The lowest BCUT2D eigenvalue weighted by Gasteiger charge is -2.17. The Balaban J connectivity index is 1.86. The normalized spacial score (nSPS) is 29.3. The van der Waals surface area contributed by atoms with Gasteiger partial charge in [0.05, 0.1) is 0 Å². The molecule has 0 radical (unpaired) electrons. The molecule has 3 atom stereocenters. The molecule has 1 aromatic heterocycles. The Morgan fingerprint density at radius 2 is 2.43 bits per heavy atom. The molecule has 14 heavy (non-hydrogen) atoms. The van der Waals surface area contributed by atoms with Crippen molar-refractivity contribution in [2.45, 2.75) is 37.6 Å². The second-order valence-corrected chi connectivity index (χ2v) is 6.43. The maximum absolute atomic E-state index is 3.70. The molecule has 0 spiro atoms. The molecule has 1 saturated heterocycles. The fraction of sp³-hybridized carbons (Fsp3) is 0.636. The Morgan fingerprint density at radius 3 is 3.00 bits per heavy atom. The van der Waals surface area contributed by atoms with E-state index >= 15 is 0 Å². The molecule has 0 saturated carbocycles. The number of hydrogen-bond donors (Lipinski definition) is 1. The molecule has 1 aliphatic heterocycles. The first-order chi connectivity index (χ1) is 6.75. The summed E-state index contributed by atoms with van der Waals surface area (Å²) in [6.45, 7) is 4.58. The minimum absolute atomic E-state index is 0.519. The van der Waals surface area contributed by atoms with Gasteiger partial charge in [0.2, 0.25) is 0 Å². The molecule has 1 aliphatic rings. The summed E-state index contributed by atoms with van der Waals surface area (Å²) in [6.07, 6.45) is 1.32. The molecule has 2 rings (SSSR count). The van der Waals surface area contributed by atoms with Gasteiger partial charge in [-0.15, -0.1) is 11.3 Å². The molecule has 2 heterocycles. The Kier molecular flexibility index (Phi) is 3.52. The van der Waals surface area contributed by atoms with Crippen LogP contribution in [0.15, 0.2) is 17.5 Å². The number of thioether (sulfide) groups is 1. The molecular weight excluding hydrogens is 210 g/mol. The van der Waals surface area contributed by atoms with Crippen molar-refractivity contribution in [2.75, 3.05) is 5.75 Å². The summed E-state index contributed by atoms with van der Waals surface area (Å²) >= 11 is 3.93. The molecule has 78 valence electrons. The summed E-state index contributed by atoms with van der Waals surface area (Å²) in [5, 5.41) is 6.69. The average molecular weight is 227 g/mol. The maximum atomic E-state index is 3.70. The van der Waals surface area contributed by atoms with E-state index in [0.717, 1.165) is 5.25 Å². The zero-order valence-corrected chi connectivity index (χ0v) is 10.3. The van der Waals surface area contributed by atoms with Crippen LogP contribution < -0.4 is 5.32 Å². The lowest BCUT2D eigenvalue weighted by molar-refractivity contribution is 0.479. The first-order valence-corrected chi connectivity index (χ1v) is 7.09. The fourth-order valence-corrected chi connectivity index (χ4v) is 3.81. The lowest BCUT2D eigenvalue weighted by atomic mass is 10.1. The van der Waals surface area contributed by atoms with E-state index < -0.39 is 0 Å². The van der Waals surface area contributed by atoms with Crippen molar-refractivity contribution < 1.29 is 0 Å². The van der Waals surface area contributed by atoms with Crippen molar-refractivity contribution in [2.24, 2.45) is 0 Å². The van der Waals surface area contributed by atoms with Gasteiger partial charge < -0.3 is 5.32 Å². The second-order valence-electron chi connectivity index (χ2n) is 3.98. The molecule has 0 bridgehead atoms. The van der Waals surface area contributed by atoms with Crippen LogP contribution in [0.3, 0.4) is 0 Å². The Hall–Kier alpha value is 0.01000.